The van der Waals surface area contributed by atoms with Crippen LogP contribution in [0.3, 0.4) is 0 Å². The molecule has 1 heterocycles. The number of ether oxygens (including phenoxy) is 1. The van der Waals surface area contributed by atoms with Gasteiger partial charge in [0.2, 0.25) is 0 Å². The lowest BCUT2D eigenvalue weighted by atomic mass is 10.1. The van der Waals surface area contributed by atoms with E-state index in [2.05, 4.69) is 10.4 Å². The molecule has 0 saturated heterocycles. The molecule has 0 aliphatic carbocycles. The van der Waals surface area contributed by atoms with Gasteiger partial charge in [0.05, 0.1) is 11.4 Å². The summed E-state index contributed by atoms with van der Waals surface area (Å²) in [6, 6.07) is 16.7. The molecule has 0 atom stereocenters. The van der Waals surface area contributed by atoms with Crippen LogP contribution in [0.5, 0.6) is 5.75 Å². The van der Waals surface area contributed by atoms with Crippen LogP contribution in [-0.4, -0.2) is 28.1 Å². The molecule has 2 aromatic carbocycles. The van der Waals surface area contributed by atoms with E-state index in [0.717, 1.165) is 22.6 Å². The highest BCUT2D eigenvalue weighted by atomic mass is 16.5. The largest absolute Gasteiger partial charge is 0.484 e. The maximum Gasteiger partial charge on any atom is 0.258 e. The first kappa shape index (κ1) is 20.3. The summed E-state index contributed by atoms with van der Waals surface area (Å²) >= 11 is 0. The average Bonchev–Trinajstić information content (AvgIpc) is 3.04. The van der Waals surface area contributed by atoms with E-state index in [1.165, 1.54) is 0 Å². The molecule has 3 aromatic rings. The predicted octanol–water partition coefficient (Wildman–Crippen LogP) is 3.78. The van der Waals surface area contributed by atoms with Crippen LogP contribution in [0.25, 0.3) is 5.69 Å². The van der Waals surface area contributed by atoms with Gasteiger partial charge in [-0.05, 0) is 50.2 Å². The number of carbonyl (C=O) groups excluding carboxylic acids is 2. The van der Waals surface area contributed by atoms with Crippen molar-refractivity contribution in [2.75, 3.05) is 6.61 Å². The maximum atomic E-state index is 12.2. The molecule has 3 rings (SSSR count). The van der Waals surface area contributed by atoms with Crippen LogP contribution in [0.15, 0.2) is 54.6 Å². The Morgan fingerprint density at radius 1 is 1.03 bits per heavy atom. The van der Waals surface area contributed by atoms with E-state index in [1.54, 1.807) is 24.3 Å². The second kappa shape index (κ2) is 9.19. The number of amides is 1. The summed E-state index contributed by atoms with van der Waals surface area (Å²) in [5.74, 6) is 0.415. The van der Waals surface area contributed by atoms with Crippen LogP contribution < -0.4 is 10.1 Å². The number of para-hydroxylation sites is 1. The molecular formula is C23H25N3O3. The van der Waals surface area contributed by atoms with Crippen molar-refractivity contribution >= 4 is 11.7 Å². The molecule has 6 nitrogen and oxygen atoms in total. The van der Waals surface area contributed by atoms with Crippen LogP contribution >= 0.6 is 0 Å². The van der Waals surface area contributed by atoms with E-state index in [4.69, 9.17) is 4.74 Å². The van der Waals surface area contributed by atoms with Crippen molar-refractivity contribution in [3.8, 4) is 11.4 Å². The minimum atomic E-state index is -0.218. The fourth-order valence-electron chi connectivity index (χ4n) is 3.08. The number of benzene rings is 2. The number of ketones is 1. The number of hydrogen-bond acceptors (Lipinski definition) is 4. The lowest BCUT2D eigenvalue weighted by Crippen LogP contribution is -2.28. The van der Waals surface area contributed by atoms with Crippen molar-refractivity contribution in [2.24, 2.45) is 0 Å². The van der Waals surface area contributed by atoms with Gasteiger partial charge in [0, 0.05) is 29.8 Å². The fraction of sp³-hybridized carbons (Fsp3) is 0.261. The number of hydrogen-bond donors (Lipinski definition) is 1. The van der Waals surface area contributed by atoms with Crippen LogP contribution in [0.1, 0.15) is 40.7 Å². The zero-order chi connectivity index (χ0) is 20.8. The molecule has 1 N–H and O–H groups in total. The third-order valence-corrected chi connectivity index (χ3v) is 4.77. The van der Waals surface area contributed by atoms with E-state index < -0.39 is 0 Å². The number of aryl methyl sites for hydroxylation is 1. The van der Waals surface area contributed by atoms with Gasteiger partial charge in [0.15, 0.2) is 12.4 Å². The number of nitrogens with one attached hydrogen (secondary N) is 1. The first-order valence-corrected chi connectivity index (χ1v) is 9.63. The smallest absolute Gasteiger partial charge is 0.258 e. The Kier molecular flexibility index (Phi) is 6.44. The number of Topliss-reactive ketones (excluding diaryl/α,β-unsaturated/α-hetero) is 1. The highest BCUT2D eigenvalue weighted by molar-refractivity contribution is 5.95. The van der Waals surface area contributed by atoms with Gasteiger partial charge < -0.3 is 10.1 Å². The Morgan fingerprint density at radius 2 is 1.72 bits per heavy atom. The molecule has 29 heavy (non-hydrogen) atoms. The quantitative estimate of drug-likeness (QED) is 0.593. The molecular weight excluding hydrogens is 366 g/mol. The molecule has 0 saturated carbocycles. The zero-order valence-electron chi connectivity index (χ0n) is 16.9. The van der Waals surface area contributed by atoms with Crippen molar-refractivity contribution in [3.05, 3.63) is 77.1 Å². The zero-order valence-corrected chi connectivity index (χ0v) is 16.9. The lowest BCUT2D eigenvalue weighted by Gasteiger charge is -2.09. The van der Waals surface area contributed by atoms with Crippen molar-refractivity contribution in [1.29, 1.82) is 0 Å². The molecule has 1 aromatic heterocycles. The lowest BCUT2D eigenvalue weighted by molar-refractivity contribution is -0.123. The minimum absolute atomic E-state index is 0.0797. The van der Waals surface area contributed by atoms with Gasteiger partial charge >= 0.3 is 0 Å². The van der Waals surface area contributed by atoms with Crippen LogP contribution in [0, 0.1) is 13.8 Å². The van der Waals surface area contributed by atoms with Gasteiger partial charge in [-0.1, -0.05) is 25.1 Å². The van der Waals surface area contributed by atoms with E-state index in [0.29, 0.717) is 24.3 Å². The van der Waals surface area contributed by atoms with Gasteiger partial charge in [0.25, 0.3) is 5.91 Å². The van der Waals surface area contributed by atoms with E-state index in [-0.39, 0.29) is 18.3 Å². The minimum Gasteiger partial charge on any atom is -0.484 e. The van der Waals surface area contributed by atoms with Gasteiger partial charge in [-0.25, -0.2) is 4.68 Å². The van der Waals surface area contributed by atoms with E-state index >= 15 is 0 Å². The standard InChI is InChI=1S/C23H25N3O3/c1-4-22(27)18-10-12-20(13-11-18)29-15-23(28)24-14-21-16(2)25-26(17(21)3)19-8-6-5-7-9-19/h5-13H,4,14-15H2,1-3H3,(H,24,28). The average molecular weight is 391 g/mol. The first-order chi connectivity index (χ1) is 14.0. The monoisotopic (exact) mass is 391 g/mol. The van der Waals surface area contributed by atoms with E-state index in [9.17, 15) is 9.59 Å². The van der Waals surface area contributed by atoms with Gasteiger partial charge in [-0.2, -0.15) is 5.10 Å². The molecule has 6 heteroatoms. The van der Waals surface area contributed by atoms with E-state index in [1.807, 2.05) is 55.8 Å². The molecule has 0 aliphatic heterocycles. The van der Waals surface area contributed by atoms with Crippen molar-refractivity contribution in [3.63, 3.8) is 0 Å². The summed E-state index contributed by atoms with van der Waals surface area (Å²) < 4.78 is 7.40. The number of aromatic nitrogens is 2. The molecule has 1 amide bonds. The number of carbonyl (C=O) groups is 2. The molecule has 0 radical (unpaired) electrons. The topological polar surface area (TPSA) is 73.2 Å². The second-order valence-electron chi connectivity index (χ2n) is 6.76. The summed E-state index contributed by atoms with van der Waals surface area (Å²) in [6.07, 6.45) is 0.461. The first-order valence-electron chi connectivity index (χ1n) is 9.63. The third-order valence-electron chi connectivity index (χ3n) is 4.77. The Hall–Kier alpha value is -3.41. The molecule has 150 valence electrons. The molecule has 0 spiro atoms. The molecule has 0 aliphatic rings. The molecule has 0 bridgehead atoms. The summed E-state index contributed by atoms with van der Waals surface area (Å²) in [6.45, 7) is 6.04. The summed E-state index contributed by atoms with van der Waals surface area (Å²) in [5, 5.41) is 7.47. The molecule has 0 unspecified atom stereocenters. The second-order valence-corrected chi connectivity index (χ2v) is 6.76. The number of rotatable bonds is 8. The Balaban J connectivity index is 1.56. The normalized spacial score (nSPS) is 10.6. The van der Waals surface area contributed by atoms with Gasteiger partial charge in [-0.3, -0.25) is 9.59 Å². The third kappa shape index (κ3) is 4.90. The van der Waals surface area contributed by atoms with Gasteiger partial charge in [-0.15, -0.1) is 0 Å². The summed E-state index contributed by atoms with van der Waals surface area (Å²) in [5.41, 5.74) is 4.49. The predicted molar refractivity (Wildman–Crippen MR) is 111 cm³/mol. The highest BCUT2D eigenvalue weighted by Crippen LogP contribution is 2.18. The SMILES string of the molecule is CCC(=O)c1ccc(OCC(=O)NCc2c(C)nn(-c3ccccc3)c2C)cc1. The maximum absolute atomic E-state index is 12.2. The Morgan fingerprint density at radius 3 is 2.38 bits per heavy atom. The number of nitrogens with zero attached hydrogens (tertiary/aromatic N) is 2. The highest BCUT2D eigenvalue weighted by Gasteiger charge is 2.14. The molecule has 0 fully saturated rings. The van der Waals surface area contributed by atoms with Crippen LogP contribution in [-0.2, 0) is 11.3 Å². The van der Waals surface area contributed by atoms with Gasteiger partial charge in [0.1, 0.15) is 5.75 Å². The summed E-state index contributed by atoms with van der Waals surface area (Å²) in [4.78, 5) is 23.8. The van der Waals surface area contributed by atoms with Crippen LogP contribution in [0.2, 0.25) is 0 Å². The summed E-state index contributed by atoms with van der Waals surface area (Å²) in [7, 11) is 0. The Bertz CT molecular complexity index is 992. The fourth-order valence-corrected chi connectivity index (χ4v) is 3.08. The van der Waals surface area contributed by atoms with Crippen molar-refractivity contribution < 1.29 is 14.3 Å². The van der Waals surface area contributed by atoms with Crippen molar-refractivity contribution in [1.82, 2.24) is 15.1 Å². The van der Waals surface area contributed by atoms with Crippen LogP contribution in [0.4, 0.5) is 0 Å². The van der Waals surface area contributed by atoms with Crippen molar-refractivity contribution in [2.45, 2.75) is 33.7 Å². The Labute approximate surface area is 170 Å².